The van der Waals surface area contributed by atoms with Crippen LogP contribution in [0.5, 0.6) is 0 Å². The average molecular weight is 248 g/mol. The van der Waals surface area contributed by atoms with Crippen LogP contribution >= 0.6 is 0 Å². The lowest BCUT2D eigenvalue weighted by atomic mass is 9.99. The minimum atomic E-state index is 0.585. The molecule has 0 spiro atoms. The molecule has 0 aliphatic carbocycles. The predicted octanol–water partition coefficient (Wildman–Crippen LogP) is 3.24. The van der Waals surface area contributed by atoms with Gasteiger partial charge in [0, 0.05) is 19.1 Å². The van der Waals surface area contributed by atoms with Crippen molar-refractivity contribution in [1.29, 1.82) is 0 Å². The van der Waals surface area contributed by atoms with Crippen LogP contribution in [0.3, 0.4) is 0 Å². The van der Waals surface area contributed by atoms with Gasteiger partial charge in [0.1, 0.15) is 0 Å². The molecule has 0 heterocycles. The molecule has 1 atom stereocenters. The van der Waals surface area contributed by atoms with E-state index in [4.69, 9.17) is 0 Å². The van der Waals surface area contributed by atoms with Gasteiger partial charge in [0.15, 0.2) is 0 Å². The zero-order valence-electron chi connectivity index (χ0n) is 12.5. The fourth-order valence-electron chi connectivity index (χ4n) is 1.90. The van der Waals surface area contributed by atoms with E-state index < -0.39 is 0 Å². The van der Waals surface area contributed by atoms with Crippen LogP contribution in [0.1, 0.15) is 44.7 Å². The molecule has 2 nitrogen and oxygen atoms in total. The largest absolute Gasteiger partial charge is 0.316 e. The monoisotopic (exact) mass is 248 g/mol. The van der Waals surface area contributed by atoms with E-state index in [1.54, 1.807) is 0 Å². The van der Waals surface area contributed by atoms with E-state index in [1.807, 2.05) is 0 Å². The van der Waals surface area contributed by atoms with Gasteiger partial charge < -0.3 is 5.32 Å². The Morgan fingerprint density at radius 2 is 1.72 bits per heavy atom. The third-order valence-electron chi connectivity index (χ3n) is 3.56. The molecular formula is C16H28N2. The highest BCUT2D eigenvalue weighted by Gasteiger charge is 2.06. The molecule has 0 radical (unpaired) electrons. The highest BCUT2D eigenvalue weighted by Crippen LogP contribution is 2.16. The Hall–Kier alpha value is -0.860. The molecule has 0 amide bonds. The van der Waals surface area contributed by atoms with Crippen LogP contribution in [0.25, 0.3) is 0 Å². The second-order valence-corrected chi connectivity index (χ2v) is 5.46. The van der Waals surface area contributed by atoms with Crippen LogP contribution in [-0.2, 0) is 6.54 Å². The van der Waals surface area contributed by atoms with Crippen molar-refractivity contribution in [2.45, 2.75) is 46.2 Å². The first kappa shape index (κ1) is 15.2. The quantitative estimate of drug-likeness (QED) is 0.797. The molecule has 0 bridgehead atoms. The highest BCUT2D eigenvalue weighted by molar-refractivity contribution is 5.25. The molecule has 0 aromatic heterocycles. The Kier molecular flexibility index (Phi) is 6.37. The number of benzene rings is 1. The van der Waals surface area contributed by atoms with Crippen molar-refractivity contribution in [1.82, 2.24) is 10.2 Å². The molecule has 0 aliphatic heterocycles. The van der Waals surface area contributed by atoms with Gasteiger partial charge in [-0.1, -0.05) is 38.1 Å². The van der Waals surface area contributed by atoms with Crippen molar-refractivity contribution in [2.24, 2.45) is 0 Å². The molecule has 1 N–H and O–H groups in total. The van der Waals surface area contributed by atoms with Crippen molar-refractivity contribution in [3.05, 3.63) is 35.4 Å². The van der Waals surface area contributed by atoms with Crippen LogP contribution in [0, 0.1) is 0 Å². The molecule has 18 heavy (non-hydrogen) atoms. The highest BCUT2D eigenvalue weighted by atomic mass is 15.1. The second-order valence-electron chi connectivity index (χ2n) is 5.46. The number of hydrogen-bond donors (Lipinski definition) is 1. The zero-order valence-corrected chi connectivity index (χ0v) is 12.5. The summed E-state index contributed by atoms with van der Waals surface area (Å²) in [6.07, 6.45) is 0. The van der Waals surface area contributed by atoms with Gasteiger partial charge in [0.05, 0.1) is 0 Å². The summed E-state index contributed by atoms with van der Waals surface area (Å²) < 4.78 is 0. The van der Waals surface area contributed by atoms with Crippen LogP contribution in [0.4, 0.5) is 0 Å². The Morgan fingerprint density at radius 3 is 2.22 bits per heavy atom. The summed E-state index contributed by atoms with van der Waals surface area (Å²) in [5.74, 6) is 0.585. The summed E-state index contributed by atoms with van der Waals surface area (Å²) in [5.41, 5.74) is 2.82. The van der Waals surface area contributed by atoms with Crippen molar-refractivity contribution in [2.75, 3.05) is 20.1 Å². The fraction of sp³-hybridized carbons (Fsp3) is 0.625. The molecule has 2 heteroatoms. The first-order valence-corrected chi connectivity index (χ1v) is 7.04. The van der Waals surface area contributed by atoms with Gasteiger partial charge in [0.2, 0.25) is 0 Å². The van der Waals surface area contributed by atoms with Gasteiger partial charge in [-0.15, -0.1) is 0 Å². The molecule has 0 fully saturated rings. The maximum atomic E-state index is 3.40. The summed E-state index contributed by atoms with van der Waals surface area (Å²) in [6.45, 7) is 12.0. The lowest BCUT2D eigenvalue weighted by Gasteiger charge is -2.21. The summed E-state index contributed by atoms with van der Waals surface area (Å²) in [4.78, 5) is 2.36. The van der Waals surface area contributed by atoms with E-state index in [0.717, 1.165) is 19.6 Å². The summed E-state index contributed by atoms with van der Waals surface area (Å²) >= 11 is 0. The van der Waals surface area contributed by atoms with Gasteiger partial charge in [0.25, 0.3) is 0 Å². The normalized spacial score (nSPS) is 13.3. The maximum Gasteiger partial charge on any atom is 0.0233 e. The van der Waals surface area contributed by atoms with Crippen LogP contribution in [0.2, 0.25) is 0 Å². The van der Waals surface area contributed by atoms with E-state index >= 15 is 0 Å². The van der Waals surface area contributed by atoms with Crippen LogP contribution in [-0.4, -0.2) is 31.1 Å². The van der Waals surface area contributed by atoms with Gasteiger partial charge in [-0.05, 0) is 44.5 Å². The van der Waals surface area contributed by atoms with E-state index in [-0.39, 0.29) is 0 Å². The first-order chi connectivity index (χ1) is 8.54. The van der Waals surface area contributed by atoms with Crippen molar-refractivity contribution >= 4 is 0 Å². The smallest absolute Gasteiger partial charge is 0.0233 e. The lowest BCUT2D eigenvalue weighted by Crippen LogP contribution is -2.25. The molecule has 1 aromatic rings. The van der Waals surface area contributed by atoms with Crippen molar-refractivity contribution in [3.8, 4) is 0 Å². The minimum absolute atomic E-state index is 0.585. The van der Waals surface area contributed by atoms with Crippen LogP contribution < -0.4 is 5.32 Å². The van der Waals surface area contributed by atoms with E-state index in [2.05, 4.69) is 69.2 Å². The van der Waals surface area contributed by atoms with Crippen molar-refractivity contribution in [3.63, 3.8) is 0 Å². The molecule has 1 unspecified atom stereocenters. The molecule has 102 valence electrons. The third kappa shape index (κ3) is 4.79. The van der Waals surface area contributed by atoms with E-state index in [1.165, 1.54) is 11.1 Å². The van der Waals surface area contributed by atoms with Crippen LogP contribution in [0.15, 0.2) is 24.3 Å². The number of rotatable bonds is 7. The topological polar surface area (TPSA) is 15.3 Å². The van der Waals surface area contributed by atoms with Gasteiger partial charge in [-0.2, -0.15) is 0 Å². The molecule has 1 rings (SSSR count). The average Bonchev–Trinajstić information content (AvgIpc) is 2.36. The Balaban J connectivity index is 2.56. The van der Waals surface area contributed by atoms with E-state index in [9.17, 15) is 0 Å². The van der Waals surface area contributed by atoms with Crippen molar-refractivity contribution < 1.29 is 0 Å². The lowest BCUT2D eigenvalue weighted by molar-refractivity contribution is 0.266. The number of nitrogens with zero attached hydrogens (tertiary/aromatic N) is 1. The van der Waals surface area contributed by atoms with Gasteiger partial charge in [-0.25, -0.2) is 0 Å². The first-order valence-electron chi connectivity index (χ1n) is 7.04. The maximum absolute atomic E-state index is 3.40. The molecule has 1 aromatic carbocycles. The minimum Gasteiger partial charge on any atom is -0.316 e. The summed E-state index contributed by atoms with van der Waals surface area (Å²) in [6, 6.07) is 9.65. The SMILES string of the molecule is CCNCC(C)c1ccc(CN(C)C(C)C)cc1. The summed E-state index contributed by atoms with van der Waals surface area (Å²) in [5, 5.41) is 3.40. The van der Waals surface area contributed by atoms with Gasteiger partial charge in [-0.3, -0.25) is 4.90 Å². The molecule has 0 aliphatic rings. The molecule has 0 saturated heterocycles. The van der Waals surface area contributed by atoms with Gasteiger partial charge >= 0.3 is 0 Å². The number of likely N-dealkylation sites (N-methyl/N-ethyl adjacent to an activating group) is 1. The standard InChI is InChI=1S/C16H28N2/c1-6-17-11-14(4)16-9-7-15(8-10-16)12-18(5)13(2)3/h7-10,13-14,17H,6,11-12H2,1-5H3. The Labute approximate surface area is 112 Å². The third-order valence-corrected chi connectivity index (χ3v) is 3.56. The second kappa shape index (κ2) is 7.55. The number of nitrogens with one attached hydrogen (secondary N) is 1. The Morgan fingerprint density at radius 1 is 1.11 bits per heavy atom. The Bertz CT molecular complexity index is 329. The zero-order chi connectivity index (χ0) is 13.5. The number of hydrogen-bond acceptors (Lipinski definition) is 2. The molecular weight excluding hydrogens is 220 g/mol. The predicted molar refractivity (Wildman–Crippen MR) is 80.0 cm³/mol. The fourth-order valence-corrected chi connectivity index (χ4v) is 1.90. The molecule has 0 saturated carbocycles. The van der Waals surface area contributed by atoms with E-state index in [0.29, 0.717) is 12.0 Å². The summed E-state index contributed by atoms with van der Waals surface area (Å²) in [7, 11) is 2.17.